The molecule has 0 spiro atoms. The first-order valence-corrected chi connectivity index (χ1v) is 6.13. The van der Waals surface area contributed by atoms with Crippen molar-refractivity contribution in [3.05, 3.63) is 0 Å². The fourth-order valence-electron chi connectivity index (χ4n) is 2.85. The zero-order chi connectivity index (χ0) is 11.9. The lowest BCUT2D eigenvalue weighted by molar-refractivity contribution is -0.147. The summed E-state index contributed by atoms with van der Waals surface area (Å²) in [6.45, 7) is 10.5. The van der Waals surface area contributed by atoms with Crippen LogP contribution in [0.25, 0.3) is 0 Å². The van der Waals surface area contributed by atoms with Crippen molar-refractivity contribution in [3.63, 3.8) is 0 Å². The van der Waals surface area contributed by atoms with Gasteiger partial charge >= 0.3 is 0 Å². The quantitative estimate of drug-likeness (QED) is 0.762. The van der Waals surface area contributed by atoms with Gasteiger partial charge in [-0.2, -0.15) is 0 Å². The first kappa shape index (κ1) is 12.3. The van der Waals surface area contributed by atoms with Crippen LogP contribution in [-0.2, 0) is 9.47 Å². The van der Waals surface area contributed by atoms with Gasteiger partial charge in [0.2, 0.25) is 0 Å². The van der Waals surface area contributed by atoms with Gasteiger partial charge in [-0.25, -0.2) is 0 Å². The number of likely N-dealkylation sites (tertiary alicyclic amines) is 1. The number of β-amino-alcohol motifs (C(OH)–C–C–N with tert-alkyl or cyclic N) is 1. The minimum atomic E-state index is -0.454. The molecule has 1 N–H and O–H groups in total. The van der Waals surface area contributed by atoms with Gasteiger partial charge in [0.1, 0.15) is 6.10 Å². The van der Waals surface area contributed by atoms with Crippen LogP contribution in [0.2, 0.25) is 0 Å². The van der Waals surface area contributed by atoms with E-state index in [0.717, 1.165) is 19.6 Å². The van der Waals surface area contributed by atoms with Crippen molar-refractivity contribution in [1.29, 1.82) is 0 Å². The van der Waals surface area contributed by atoms with E-state index in [2.05, 4.69) is 11.8 Å². The second kappa shape index (κ2) is 4.26. The van der Waals surface area contributed by atoms with Crippen LogP contribution in [0.15, 0.2) is 0 Å². The van der Waals surface area contributed by atoms with Crippen LogP contribution in [0.3, 0.4) is 0 Å². The number of piperidine rings is 1. The third-order valence-corrected chi connectivity index (χ3v) is 3.29. The second-order valence-electron chi connectivity index (χ2n) is 5.68. The Bertz CT molecular complexity index is 255. The molecule has 16 heavy (non-hydrogen) atoms. The predicted octanol–water partition coefficient (Wildman–Crippen LogP) is 0.839. The summed E-state index contributed by atoms with van der Waals surface area (Å²) in [6.07, 6.45) is 0.0804. The molecule has 2 aliphatic heterocycles. The highest BCUT2D eigenvalue weighted by molar-refractivity contribution is 4.92. The van der Waals surface area contributed by atoms with Gasteiger partial charge in [-0.1, -0.05) is 6.92 Å². The van der Waals surface area contributed by atoms with Gasteiger partial charge < -0.3 is 14.6 Å². The first-order valence-electron chi connectivity index (χ1n) is 6.13. The number of rotatable bonds is 2. The van der Waals surface area contributed by atoms with Gasteiger partial charge in [0.05, 0.1) is 12.2 Å². The maximum Gasteiger partial charge on any atom is 0.163 e. The van der Waals surface area contributed by atoms with E-state index in [-0.39, 0.29) is 18.3 Å². The van der Waals surface area contributed by atoms with Gasteiger partial charge in [0, 0.05) is 19.6 Å². The summed E-state index contributed by atoms with van der Waals surface area (Å²) in [5.74, 6) is 0.00373. The van der Waals surface area contributed by atoms with Crippen LogP contribution < -0.4 is 0 Å². The molecule has 0 aliphatic carbocycles. The fraction of sp³-hybridized carbons (Fsp3) is 1.00. The van der Waals surface area contributed by atoms with Crippen LogP contribution in [0, 0.1) is 5.92 Å². The normalized spacial score (nSPS) is 40.7. The second-order valence-corrected chi connectivity index (χ2v) is 5.68. The highest BCUT2D eigenvalue weighted by Crippen LogP contribution is 2.35. The largest absolute Gasteiger partial charge is 0.392 e. The number of hydrogen-bond acceptors (Lipinski definition) is 4. The molecule has 2 rings (SSSR count). The third-order valence-electron chi connectivity index (χ3n) is 3.29. The Hall–Kier alpha value is -0.160. The molecule has 4 nitrogen and oxygen atoms in total. The molecule has 0 amide bonds. The topological polar surface area (TPSA) is 41.9 Å². The molecule has 0 aromatic rings. The molecular formula is C12H23NO3. The van der Waals surface area contributed by atoms with E-state index < -0.39 is 5.79 Å². The van der Waals surface area contributed by atoms with E-state index in [9.17, 15) is 5.11 Å². The Labute approximate surface area is 97.5 Å². The molecule has 0 bridgehead atoms. The standard InChI is InChI=1S/C12H23NO3/c1-8-5-13(6-9(2)14)7-10-11(8)16-12(3,4)15-10/h8-11,14H,5-7H2,1-4H3/t8-,9-,10-,11+/m1/s1. The molecule has 4 heteroatoms. The van der Waals surface area contributed by atoms with Crippen LogP contribution >= 0.6 is 0 Å². The van der Waals surface area contributed by atoms with Crippen molar-refractivity contribution < 1.29 is 14.6 Å². The monoisotopic (exact) mass is 229 g/mol. The minimum Gasteiger partial charge on any atom is -0.392 e. The zero-order valence-corrected chi connectivity index (χ0v) is 10.6. The van der Waals surface area contributed by atoms with E-state index in [4.69, 9.17) is 9.47 Å². The van der Waals surface area contributed by atoms with Gasteiger partial charge in [0.25, 0.3) is 0 Å². The van der Waals surface area contributed by atoms with Crippen LogP contribution in [0.4, 0.5) is 0 Å². The Morgan fingerprint density at radius 2 is 2.06 bits per heavy atom. The molecule has 0 unspecified atom stereocenters. The third kappa shape index (κ3) is 2.56. The molecule has 4 atom stereocenters. The molecule has 0 saturated carbocycles. The molecular weight excluding hydrogens is 206 g/mol. The van der Waals surface area contributed by atoms with Crippen molar-refractivity contribution in [2.75, 3.05) is 19.6 Å². The number of aliphatic hydroxyl groups is 1. The molecule has 94 valence electrons. The smallest absolute Gasteiger partial charge is 0.163 e. The van der Waals surface area contributed by atoms with Crippen molar-refractivity contribution >= 4 is 0 Å². The Morgan fingerprint density at radius 3 is 2.69 bits per heavy atom. The highest BCUT2D eigenvalue weighted by Gasteiger charge is 2.47. The summed E-state index contributed by atoms with van der Waals surface area (Å²) in [5.41, 5.74) is 0. The van der Waals surface area contributed by atoms with Crippen LogP contribution in [0.5, 0.6) is 0 Å². The lowest BCUT2D eigenvalue weighted by Crippen LogP contribution is -2.51. The van der Waals surface area contributed by atoms with Crippen molar-refractivity contribution in [2.45, 2.75) is 51.8 Å². The summed E-state index contributed by atoms with van der Waals surface area (Å²) in [6, 6.07) is 0. The fourth-order valence-corrected chi connectivity index (χ4v) is 2.85. The molecule has 2 fully saturated rings. The Balaban J connectivity index is 1.99. The molecule has 0 aromatic heterocycles. The van der Waals surface area contributed by atoms with Crippen molar-refractivity contribution in [3.8, 4) is 0 Å². The molecule has 2 aliphatic rings. The SMILES string of the molecule is C[C@@H]1CN(C[C@@H](C)O)C[C@H]2OC(C)(C)O[C@@H]12. The zero-order valence-electron chi connectivity index (χ0n) is 10.6. The molecule has 0 aromatic carbocycles. The van der Waals surface area contributed by atoms with Gasteiger partial charge in [0.15, 0.2) is 5.79 Å². The maximum atomic E-state index is 9.42. The summed E-state index contributed by atoms with van der Waals surface area (Å²) in [4.78, 5) is 2.27. The van der Waals surface area contributed by atoms with Gasteiger partial charge in [-0.15, -0.1) is 0 Å². The maximum absolute atomic E-state index is 9.42. The summed E-state index contributed by atoms with van der Waals surface area (Å²) >= 11 is 0. The number of ether oxygens (including phenoxy) is 2. The lowest BCUT2D eigenvalue weighted by atomic mass is 9.94. The Morgan fingerprint density at radius 1 is 1.38 bits per heavy atom. The average Bonchev–Trinajstić information content (AvgIpc) is 2.38. The molecule has 2 saturated heterocycles. The summed E-state index contributed by atoms with van der Waals surface area (Å²) in [7, 11) is 0. The van der Waals surface area contributed by atoms with E-state index in [0.29, 0.717) is 5.92 Å². The van der Waals surface area contributed by atoms with Crippen molar-refractivity contribution in [2.24, 2.45) is 5.92 Å². The summed E-state index contributed by atoms with van der Waals surface area (Å²) in [5, 5.41) is 9.42. The molecule has 0 radical (unpaired) electrons. The first-order chi connectivity index (χ1) is 7.37. The van der Waals surface area contributed by atoms with Crippen LogP contribution in [-0.4, -0.2) is 53.7 Å². The average molecular weight is 229 g/mol. The van der Waals surface area contributed by atoms with Crippen molar-refractivity contribution in [1.82, 2.24) is 4.90 Å². The van der Waals surface area contributed by atoms with E-state index in [1.165, 1.54) is 0 Å². The van der Waals surface area contributed by atoms with Gasteiger partial charge in [-0.05, 0) is 26.7 Å². The predicted molar refractivity (Wildman–Crippen MR) is 61.1 cm³/mol. The highest BCUT2D eigenvalue weighted by atomic mass is 16.8. The van der Waals surface area contributed by atoms with E-state index in [1.807, 2.05) is 20.8 Å². The number of hydrogen-bond donors (Lipinski definition) is 1. The Kier molecular flexibility index (Phi) is 3.27. The minimum absolute atomic E-state index is 0.150. The number of nitrogens with zero attached hydrogens (tertiary/aromatic N) is 1. The van der Waals surface area contributed by atoms with Gasteiger partial charge in [-0.3, -0.25) is 4.90 Å². The molecule has 2 heterocycles. The lowest BCUT2D eigenvalue weighted by Gasteiger charge is -2.37. The van der Waals surface area contributed by atoms with Crippen LogP contribution in [0.1, 0.15) is 27.7 Å². The number of fused-ring (bicyclic) bond motifs is 1. The summed E-state index contributed by atoms with van der Waals surface area (Å²) < 4.78 is 11.8. The number of aliphatic hydroxyl groups excluding tert-OH is 1. The van der Waals surface area contributed by atoms with E-state index in [1.54, 1.807) is 0 Å². The van der Waals surface area contributed by atoms with E-state index >= 15 is 0 Å².